The predicted molar refractivity (Wildman–Crippen MR) is 52.0 cm³/mol. The van der Waals surface area contributed by atoms with Crippen LogP contribution in [0.1, 0.15) is 17.4 Å². The molecule has 0 radical (unpaired) electrons. The molecule has 0 aromatic heterocycles. The largest absolute Gasteiger partial charge is 0.461 e. The van der Waals surface area contributed by atoms with Crippen LogP contribution in [-0.4, -0.2) is 27.5 Å². The first-order valence-corrected chi connectivity index (χ1v) is 4.57. The van der Waals surface area contributed by atoms with E-state index in [0.717, 1.165) is 4.73 Å². The van der Waals surface area contributed by atoms with Crippen molar-refractivity contribution >= 4 is 5.97 Å². The van der Waals surface area contributed by atoms with Crippen LogP contribution in [0.25, 0.3) is 11.4 Å². The predicted octanol–water partition coefficient (Wildman–Crippen LogP) is 1.40. The van der Waals surface area contributed by atoms with E-state index in [1.54, 1.807) is 25.1 Å². The van der Waals surface area contributed by atoms with Crippen molar-refractivity contribution in [1.82, 2.24) is 9.71 Å². The van der Waals surface area contributed by atoms with Gasteiger partial charge in [-0.2, -0.15) is 4.73 Å². The van der Waals surface area contributed by atoms with Gasteiger partial charge < -0.3 is 9.94 Å². The molecule has 2 aliphatic heterocycles. The number of aromatic nitrogens is 2. The van der Waals surface area contributed by atoms with Crippen LogP contribution in [0.15, 0.2) is 24.4 Å². The molecule has 0 saturated carbocycles. The summed E-state index contributed by atoms with van der Waals surface area (Å²) in [5.74, 6) is -0.130. The first-order chi connectivity index (χ1) is 7.22. The highest BCUT2D eigenvalue weighted by molar-refractivity contribution is 5.90. The van der Waals surface area contributed by atoms with E-state index in [1.165, 1.54) is 6.20 Å². The fraction of sp³-hybridized carbons (Fsp3) is 0.200. The summed E-state index contributed by atoms with van der Waals surface area (Å²) in [5.41, 5.74) is 0.906. The molecule has 2 rings (SSSR count). The monoisotopic (exact) mass is 206 g/mol. The van der Waals surface area contributed by atoms with E-state index in [1.807, 2.05) is 0 Å². The molecule has 0 bridgehead atoms. The summed E-state index contributed by atoms with van der Waals surface area (Å²) in [6.45, 7) is 2.04. The number of ether oxygens (including phenoxy) is 1. The molecule has 5 heteroatoms. The second-order valence-electron chi connectivity index (χ2n) is 2.99. The van der Waals surface area contributed by atoms with Crippen molar-refractivity contribution in [3.8, 4) is 11.4 Å². The Labute approximate surface area is 86.2 Å². The van der Waals surface area contributed by atoms with Crippen LogP contribution in [0.5, 0.6) is 0 Å². The second kappa shape index (κ2) is 3.61. The first-order valence-electron chi connectivity index (χ1n) is 4.57. The number of carbonyl (C=O) groups is 1. The highest BCUT2D eigenvalue weighted by Gasteiger charge is 2.17. The Kier molecular flexibility index (Phi) is 2.29. The van der Waals surface area contributed by atoms with Crippen LogP contribution in [0.2, 0.25) is 0 Å². The maximum atomic E-state index is 11.3. The number of rotatable bonds is 2. The molecule has 1 N–H and O–H groups in total. The molecule has 0 amide bonds. The lowest BCUT2D eigenvalue weighted by molar-refractivity contribution is 0.0520. The van der Waals surface area contributed by atoms with E-state index < -0.39 is 5.97 Å². The van der Waals surface area contributed by atoms with Gasteiger partial charge in [-0.25, -0.2) is 9.78 Å². The number of hydrogen-bond donors (Lipinski definition) is 1. The van der Waals surface area contributed by atoms with E-state index in [2.05, 4.69) is 4.98 Å². The van der Waals surface area contributed by atoms with Gasteiger partial charge in [-0.3, -0.25) is 0 Å². The maximum absolute atomic E-state index is 11.3. The Morgan fingerprint density at radius 2 is 2.47 bits per heavy atom. The Hall–Kier alpha value is -2.04. The molecule has 0 atom stereocenters. The third-order valence-corrected chi connectivity index (χ3v) is 1.98. The molecular formula is C10H10N2O3. The van der Waals surface area contributed by atoms with E-state index in [4.69, 9.17) is 4.74 Å². The summed E-state index contributed by atoms with van der Waals surface area (Å²) < 4.78 is 5.68. The van der Waals surface area contributed by atoms with Crippen LogP contribution in [0.3, 0.4) is 0 Å². The van der Waals surface area contributed by atoms with Crippen LogP contribution in [-0.2, 0) is 4.74 Å². The molecular weight excluding hydrogens is 196 g/mol. The van der Waals surface area contributed by atoms with Crippen LogP contribution in [0, 0.1) is 0 Å². The Morgan fingerprint density at radius 1 is 1.67 bits per heavy atom. The zero-order valence-electron chi connectivity index (χ0n) is 8.17. The summed E-state index contributed by atoms with van der Waals surface area (Å²) in [5, 5.41) is 9.40. The lowest BCUT2D eigenvalue weighted by Crippen LogP contribution is -2.05. The molecule has 0 unspecified atom stereocenters. The summed E-state index contributed by atoms with van der Waals surface area (Å²) in [7, 11) is 0. The highest BCUT2D eigenvalue weighted by Crippen LogP contribution is 2.21. The van der Waals surface area contributed by atoms with Crippen molar-refractivity contribution in [2.24, 2.45) is 0 Å². The van der Waals surface area contributed by atoms with Gasteiger partial charge in [0.2, 0.25) is 0 Å². The molecule has 15 heavy (non-hydrogen) atoms. The van der Waals surface area contributed by atoms with Gasteiger partial charge in [0.15, 0.2) is 11.5 Å². The lowest BCUT2D eigenvalue weighted by atomic mass is 10.2. The van der Waals surface area contributed by atoms with E-state index in [0.29, 0.717) is 18.0 Å². The molecule has 2 heterocycles. The van der Waals surface area contributed by atoms with Gasteiger partial charge in [0, 0.05) is 11.8 Å². The zero-order chi connectivity index (χ0) is 10.8. The lowest BCUT2D eigenvalue weighted by Gasteiger charge is -2.00. The average molecular weight is 206 g/mol. The molecule has 78 valence electrons. The molecule has 0 fully saturated rings. The van der Waals surface area contributed by atoms with Gasteiger partial charge in [0.25, 0.3) is 0 Å². The molecule has 0 aromatic rings. The van der Waals surface area contributed by atoms with Crippen molar-refractivity contribution in [2.75, 3.05) is 6.61 Å². The minimum atomic E-state index is -0.478. The Morgan fingerprint density at radius 3 is 3.13 bits per heavy atom. The summed E-state index contributed by atoms with van der Waals surface area (Å²) in [6.07, 6.45) is 1.45. The van der Waals surface area contributed by atoms with Crippen molar-refractivity contribution in [1.29, 1.82) is 0 Å². The normalized spacial score (nSPS) is 10.5. The summed E-state index contributed by atoms with van der Waals surface area (Å²) in [4.78, 5) is 15.3. The van der Waals surface area contributed by atoms with Crippen molar-refractivity contribution in [2.45, 2.75) is 6.92 Å². The first kappa shape index (κ1) is 9.51. The highest BCUT2D eigenvalue weighted by atomic mass is 16.5. The fourth-order valence-corrected chi connectivity index (χ4v) is 1.34. The number of pyridine rings is 1. The molecule has 0 aromatic carbocycles. The second-order valence-corrected chi connectivity index (χ2v) is 2.99. The molecule has 0 saturated heterocycles. The number of fused-ring (bicyclic) bond motifs is 1. The maximum Gasteiger partial charge on any atom is 0.357 e. The average Bonchev–Trinajstić information content (AvgIpc) is 2.63. The number of nitrogens with zero attached hydrogens (tertiary/aromatic N) is 2. The third kappa shape index (κ3) is 1.63. The quantitative estimate of drug-likeness (QED) is 0.596. The molecule has 5 nitrogen and oxygen atoms in total. The number of esters is 1. The Bertz CT molecular complexity index is 464. The molecule has 0 spiro atoms. The summed E-state index contributed by atoms with van der Waals surface area (Å²) >= 11 is 0. The minimum absolute atomic E-state index is 0.209. The standard InChI is InChI=1S/C10H10N2O3/c1-2-15-10(13)8-6-7-4-3-5-12(14)9(7)11-8/h3-6,14H,2H2,1H3. The van der Waals surface area contributed by atoms with Gasteiger partial charge in [0.1, 0.15) is 0 Å². The number of carbonyl (C=O) groups excluding carboxylic acids is 1. The SMILES string of the molecule is CCOC(=O)c1cc2cccn(O)c-2n1. The Balaban J connectivity index is 2.43. The van der Waals surface area contributed by atoms with Crippen molar-refractivity contribution in [3.05, 3.63) is 30.1 Å². The van der Waals surface area contributed by atoms with Crippen LogP contribution >= 0.6 is 0 Å². The zero-order valence-corrected chi connectivity index (χ0v) is 8.17. The van der Waals surface area contributed by atoms with Crippen molar-refractivity contribution < 1.29 is 14.7 Å². The van der Waals surface area contributed by atoms with Gasteiger partial charge in [0.05, 0.1) is 6.61 Å². The fourth-order valence-electron chi connectivity index (χ4n) is 1.34. The molecule has 2 aliphatic rings. The minimum Gasteiger partial charge on any atom is -0.461 e. The van der Waals surface area contributed by atoms with E-state index >= 15 is 0 Å². The van der Waals surface area contributed by atoms with Crippen LogP contribution in [0.4, 0.5) is 0 Å². The van der Waals surface area contributed by atoms with E-state index in [-0.39, 0.29) is 5.69 Å². The third-order valence-electron chi connectivity index (χ3n) is 1.98. The van der Waals surface area contributed by atoms with Crippen LogP contribution < -0.4 is 0 Å². The van der Waals surface area contributed by atoms with Gasteiger partial charge in [-0.15, -0.1) is 0 Å². The van der Waals surface area contributed by atoms with Gasteiger partial charge in [-0.1, -0.05) is 0 Å². The smallest absolute Gasteiger partial charge is 0.357 e. The van der Waals surface area contributed by atoms with Crippen molar-refractivity contribution in [3.63, 3.8) is 0 Å². The molecule has 0 aliphatic carbocycles. The van der Waals surface area contributed by atoms with E-state index in [9.17, 15) is 10.0 Å². The summed E-state index contributed by atoms with van der Waals surface area (Å²) in [6, 6.07) is 5.01. The van der Waals surface area contributed by atoms with Gasteiger partial charge in [-0.05, 0) is 25.1 Å². The topological polar surface area (TPSA) is 64.3 Å². The van der Waals surface area contributed by atoms with Gasteiger partial charge >= 0.3 is 5.97 Å². The number of hydrogen-bond acceptors (Lipinski definition) is 4.